The van der Waals surface area contributed by atoms with Crippen LogP contribution in [-0.4, -0.2) is 21.6 Å². The molecule has 0 saturated carbocycles. The van der Waals surface area contributed by atoms with Crippen molar-refractivity contribution in [2.24, 2.45) is 0 Å². The number of hydrogen-bond donors (Lipinski definition) is 1. The van der Waals surface area contributed by atoms with Gasteiger partial charge in [-0.15, -0.1) is 0 Å². The molecule has 1 heterocycles. The highest BCUT2D eigenvalue weighted by Gasteiger charge is 2.26. The second-order valence-corrected chi connectivity index (χ2v) is 7.32. The monoisotopic (exact) mass is 445 g/mol. The van der Waals surface area contributed by atoms with E-state index in [0.717, 1.165) is 17.3 Å². The van der Waals surface area contributed by atoms with Crippen molar-refractivity contribution < 1.29 is 14.5 Å². The van der Waals surface area contributed by atoms with E-state index in [1.54, 1.807) is 6.07 Å². The van der Waals surface area contributed by atoms with E-state index in [1.807, 2.05) is 42.5 Å². The fraction of sp³-hybridized carbons (Fsp3) is 0.0909. The van der Waals surface area contributed by atoms with Gasteiger partial charge in [0.2, 0.25) is 0 Å². The Labute approximate surface area is 187 Å². The Morgan fingerprint density at radius 2 is 1.75 bits per heavy atom. The zero-order valence-corrected chi connectivity index (χ0v) is 17.3. The van der Waals surface area contributed by atoms with E-state index in [9.17, 15) is 25.4 Å². The van der Waals surface area contributed by atoms with Gasteiger partial charge in [0.05, 0.1) is 21.8 Å². The van der Waals surface area contributed by atoms with Crippen LogP contribution in [0.3, 0.4) is 0 Å². The van der Waals surface area contributed by atoms with Crippen LogP contribution in [0.25, 0.3) is 11.1 Å². The summed E-state index contributed by atoms with van der Waals surface area (Å²) in [5.41, 5.74) is 6.30. The number of esters is 1. The van der Waals surface area contributed by atoms with Gasteiger partial charge in [0.1, 0.15) is 35.2 Å². The van der Waals surface area contributed by atoms with E-state index in [2.05, 4.69) is 4.98 Å². The van der Waals surface area contributed by atoms with Crippen LogP contribution in [0.5, 0.6) is 0 Å². The molecule has 0 amide bonds. The third-order valence-electron chi connectivity index (χ3n) is 4.36. The minimum Gasteiger partial charge on any atom is -0.460 e. The largest absolute Gasteiger partial charge is 0.460 e. The summed E-state index contributed by atoms with van der Waals surface area (Å²) in [6, 6.07) is 18.7. The number of benzene rings is 2. The molecule has 3 rings (SSSR count). The quantitative estimate of drug-likeness (QED) is 0.247. The van der Waals surface area contributed by atoms with Crippen LogP contribution in [0, 0.1) is 32.8 Å². The molecule has 2 aromatic carbocycles. The van der Waals surface area contributed by atoms with Crippen molar-refractivity contribution in [3.63, 3.8) is 0 Å². The molecule has 158 valence electrons. The highest BCUT2D eigenvalue weighted by atomic mass is 32.2. The molecule has 2 N–H and O–H groups in total. The Kier molecular flexibility index (Phi) is 7.01. The van der Waals surface area contributed by atoms with Crippen LogP contribution in [0.2, 0.25) is 0 Å². The number of anilines is 1. The number of nitro groups is 1. The van der Waals surface area contributed by atoms with Gasteiger partial charge in [0.25, 0.3) is 5.69 Å². The van der Waals surface area contributed by atoms with Crippen molar-refractivity contribution in [2.75, 3.05) is 11.5 Å². The number of aromatic nitrogens is 1. The number of para-hydroxylation sites is 1. The molecule has 0 aliphatic heterocycles. The van der Waals surface area contributed by atoms with Crippen molar-refractivity contribution in [1.82, 2.24) is 4.98 Å². The Balaban J connectivity index is 1.93. The number of carbonyl (C=O) groups excluding carboxylic acids is 1. The SMILES string of the molecule is N#Cc1c(N)nc(SCC(=O)OCc2ccccc2)c(C#N)c1-c1ccccc1[N+](=O)[O-]. The van der Waals surface area contributed by atoms with Crippen LogP contribution in [0.4, 0.5) is 11.5 Å². The standard InChI is InChI=1S/C22H15N5O4S/c23-10-16-20(15-8-4-5-9-18(15)27(29)30)17(11-24)22(26-21(16)25)32-13-19(28)31-12-14-6-2-1-3-7-14/h1-9H,12-13H2,(H2,25,26). The van der Waals surface area contributed by atoms with Gasteiger partial charge in [-0.05, 0) is 11.6 Å². The maximum absolute atomic E-state index is 12.2. The summed E-state index contributed by atoms with van der Waals surface area (Å²) in [5, 5.41) is 30.9. The number of nitrogens with zero attached hydrogens (tertiary/aromatic N) is 4. The smallest absolute Gasteiger partial charge is 0.316 e. The molecule has 32 heavy (non-hydrogen) atoms. The fourth-order valence-corrected chi connectivity index (χ4v) is 3.72. The average Bonchev–Trinajstić information content (AvgIpc) is 2.81. The van der Waals surface area contributed by atoms with Crippen LogP contribution in [0.1, 0.15) is 16.7 Å². The van der Waals surface area contributed by atoms with Crippen LogP contribution in [-0.2, 0) is 16.1 Å². The van der Waals surface area contributed by atoms with Crippen LogP contribution < -0.4 is 5.73 Å². The summed E-state index contributed by atoms with van der Waals surface area (Å²) >= 11 is 0.904. The van der Waals surface area contributed by atoms with E-state index < -0.39 is 10.9 Å². The summed E-state index contributed by atoms with van der Waals surface area (Å²) in [6.07, 6.45) is 0. The Morgan fingerprint density at radius 1 is 1.09 bits per heavy atom. The first kappa shape index (κ1) is 22.3. The number of pyridine rings is 1. The number of nitro benzene ring substituents is 1. The van der Waals surface area contributed by atoms with Crippen molar-refractivity contribution >= 4 is 29.2 Å². The second-order valence-electron chi connectivity index (χ2n) is 6.36. The topological polar surface area (TPSA) is 156 Å². The van der Waals surface area contributed by atoms with Gasteiger partial charge in [-0.1, -0.05) is 54.2 Å². The maximum Gasteiger partial charge on any atom is 0.316 e. The van der Waals surface area contributed by atoms with Crippen molar-refractivity contribution in [1.29, 1.82) is 10.5 Å². The normalized spacial score (nSPS) is 10.1. The third-order valence-corrected chi connectivity index (χ3v) is 5.30. The van der Waals surface area contributed by atoms with Gasteiger partial charge in [-0.2, -0.15) is 10.5 Å². The number of ether oxygens (including phenoxy) is 1. The van der Waals surface area contributed by atoms with Crippen LogP contribution in [0.15, 0.2) is 59.6 Å². The van der Waals surface area contributed by atoms with Crippen molar-refractivity contribution in [2.45, 2.75) is 11.6 Å². The number of nitriles is 2. The summed E-state index contributed by atoms with van der Waals surface area (Å²) in [7, 11) is 0. The summed E-state index contributed by atoms with van der Waals surface area (Å²) in [5.74, 6) is -0.907. The molecule has 0 fully saturated rings. The zero-order chi connectivity index (χ0) is 23.1. The first-order valence-electron chi connectivity index (χ1n) is 9.16. The molecule has 0 radical (unpaired) electrons. The lowest BCUT2D eigenvalue weighted by molar-refractivity contribution is -0.384. The second kappa shape index (κ2) is 10.1. The van der Waals surface area contributed by atoms with Crippen molar-refractivity contribution in [3.05, 3.63) is 81.4 Å². The molecule has 0 aliphatic carbocycles. The van der Waals surface area contributed by atoms with Crippen molar-refractivity contribution in [3.8, 4) is 23.3 Å². The lowest BCUT2D eigenvalue weighted by Gasteiger charge is -2.13. The molecular formula is C22H15N5O4S. The predicted octanol–water partition coefficient (Wildman–Crippen LogP) is 3.82. The summed E-state index contributed by atoms with van der Waals surface area (Å²) in [6.45, 7) is 0.0930. The molecule has 0 spiro atoms. The van der Waals surface area contributed by atoms with Gasteiger partial charge >= 0.3 is 5.97 Å². The number of hydrogen-bond acceptors (Lipinski definition) is 9. The molecule has 0 bridgehead atoms. The molecule has 0 saturated heterocycles. The molecule has 9 nitrogen and oxygen atoms in total. The van der Waals surface area contributed by atoms with E-state index >= 15 is 0 Å². The van der Waals surface area contributed by atoms with Gasteiger partial charge < -0.3 is 10.5 Å². The highest BCUT2D eigenvalue weighted by molar-refractivity contribution is 7.99. The molecule has 0 aliphatic rings. The number of rotatable bonds is 7. The number of nitrogens with two attached hydrogens (primary N) is 1. The van der Waals surface area contributed by atoms with E-state index in [0.29, 0.717) is 0 Å². The maximum atomic E-state index is 12.2. The number of carbonyl (C=O) groups is 1. The van der Waals surface area contributed by atoms with E-state index in [-0.39, 0.29) is 51.1 Å². The zero-order valence-electron chi connectivity index (χ0n) is 16.5. The lowest BCUT2D eigenvalue weighted by Crippen LogP contribution is -2.09. The van der Waals surface area contributed by atoms with Gasteiger partial charge in [0.15, 0.2) is 0 Å². The average molecular weight is 445 g/mol. The van der Waals surface area contributed by atoms with E-state index in [4.69, 9.17) is 10.5 Å². The Morgan fingerprint density at radius 3 is 2.41 bits per heavy atom. The Bertz CT molecular complexity index is 1270. The molecule has 0 unspecified atom stereocenters. The third kappa shape index (κ3) is 4.83. The summed E-state index contributed by atoms with van der Waals surface area (Å²) in [4.78, 5) is 27.1. The van der Waals surface area contributed by atoms with Gasteiger partial charge in [-0.25, -0.2) is 4.98 Å². The van der Waals surface area contributed by atoms with Crippen LogP contribution >= 0.6 is 11.8 Å². The lowest BCUT2D eigenvalue weighted by atomic mass is 9.95. The molecule has 3 aromatic rings. The Hall–Kier alpha value is -4.41. The molecule has 0 atom stereocenters. The number of nitrogen functional groups attached to an aromatic ring is 1. The minimum atomic E-state index is -0.609. The number of thioether (sulfide) groups is 1. The highest BCUT2D eigenvalue weighted by Crippen LogP contribution is 2.39. The van der Waals surface area contributed by atoms with Gasteiger partial charge in [0, 0.05) is 11.6 Å². The molecular weight excluding hydrogens is 430 g/mol. The first-order valence-corrected chi connectivity index (χ1v) is 10.1. The summed E-state index contributed by atoms with van der Waals surface area (Å²) < 4.78 is 5.22. The first-order chi connectivity index (χ1) is 15.5. The fourth-order valence-electron chi connectivity index (χ4n) is 2.92. The molecule has 1 aromatic heterocycles. The predicted molar refractivity (Wildman–Crippen MR) is 117 cm³/mol. The van der Waals surface area contributed by atoms with E-state index in [1.165, 1.54) is 18.2 Å². The molecule has 10 heteroatoms. The van der Waals surface area contributed by atoms with Gasteiger partial charge in [-0.3, -0.25) is 14.9 Å². The minimum absolute atomic E-state index is 0.00922.